The minimum absolute atomic E-state index is 0.181. The SMILES string of the molecule is C=Cc1c(C)ccc(F)c1N. The van der Waals surface area contributed by atoms with Gasteiger partial charge in [-0.25, -0.2) is 4.39 Å². The van der Waals surface area contributed by atoms with Gasteiger partial charge in [0.15, 0.2) is 0 Å². The highest BCUT2D eigenvalue weighted by Crippen LogP contribution is 2.20. The van der Waals surface area contributed by atoms with Gasteiger partial charge >= 0.3 is 0 Å². The molecular formula is C9H10FN. The number of hydrogen-bond donors (Lipinski definition) is 1. The molecule has 0 heterocycles. The molecule has 2 heteroatoms. The molecule has 0 radical (unpaired) electrons. The number of halogens is 1. The van der Waals surface area contributed by atoms with Crippen LogP contribution in [-0.2, 0) is 0 Å². The molecule has 0 amide bonds. The Kier molecular flexibility index (Phi) is 1.94. The van der Waals surface area contributed by atoms with Crippen LogP contribution >= 0.6 is 0 Å². The molecule has 0 bridgehead atoms. The Hall–Kier alpha value is -1.31. The number of nitrogen functional groups attached to an aromatic ring is 1. The van der Waals surface area contributed by atoms with Crippen molar-refractivity contribution in [3.8, 4) is 0 Å². The maximum Gasteiger partial charge on any atom is 0.146 e. The van der Waals surface area contributed by atoms with E-state index in [1.807, 2.05) is 6.92 Å². The highest BCUT2D eigenvalue weighted by atomic mass is 19.1. The van der Waals surface area contributed by atoms with E-state index in [0.29, 0.717) is 5.56 Å². The summed E-state index contributed by atoms with van der Waals surface area (Å²) in [6.07, 6.45) is 1.56. The summed E-state index contributed by atoms with van der Waals surface area (Å²) in [6, 6.07) is 3.04. The quantitative estimate of drug-likeness (QED) is 0.612. The van der Waals surface area contributed by atoms with Gasteiger partial charge in [0.1, 0.15) is 5.82 Å². The molecule has 0 atom stereocenters. The maximum atomic E-state index is 12.8. The minimum Gasteiger partial charge on any atom is -0.396 e. The maximum absolute atomic E-state index is 12.8. The van der Waals surface area contributed by atoms with E-state index in [4.69, 9.17) is 5.73 Å². The van der Waals surface area contributed by atoms with Gasteiger partial charge in [0.2, 0.25) is 0 Å². The summed E-state index contributed by atoms with van der Waals surface area (Å²) in [5.74, 6) is -0.384. The normalized spacial score (nSPS) is 9.64. The highest BCUT2D eigenvalue weighted by Gasteiger charge is 2.03. The van der Waals surface area contributed by atoms with Crippen molar-refractivity contribution >= 4 is 11.8 Å². The van der Waals surface area contributed by atoms with Crippen LogP contribution in [0.4, 0.5) is 10.1 Å². The van der Waals surface area contributed by atoms with E-state index in [1.165, 1.54) is 6.07 Å². The first-order valence-electron chi connectivity index (χ1n) is 3.34. The Morgan fingerprint density at radius 2 is 2.18 bits per heavy atom. The van der Waals surface area contributed by atoms with E-state index >= 15 is 0 Å². The Bertz CT molecular complexity index is 292. The summed E-state index contributed by atoms with van der Waals surface area (Å²) < 4.78 is 12.8. The van der Waals surface area contributed by atoms with Crippen LogP contribution in [0.15, 0.2) is 18.7 Å². The summed E-state index contributed by atoms with van der Waals surface area (Å²) in [6.45, 7) is 5.41. The van der Waals surface area contributed by atoms with Crippen molar-refractivity contribution in [3.63, 3.8) is 0 Å². The van der Waals surface area contributed by atoms with Crippen LogP contribution in [0.3, 0.4) is 0 Å². The molecule has 0 aliphatic rings. The summed E-state index contributed by atoms with van der Waals surface area (Å²) >= 11 is 0. The molecule has 0 aliphatic carbocycles. The summed E-state index contributed by atoms with van der Waals surface area (Å²) in [5.41, 5.74) is 7.26. The van der Waals surface area contributed by atoms with Crippen LogP contribution in [-0.4, -0.2) is 0 Å². The summed E-state index contributed by atoms with van der Waals surface area (Å²) in [4.78, 5) is 0. The number of rotatable bonds is 1. The van der Waals surface area contributed by atoms with Crippen LogP contribution in [0.1, 0.15) is 11.1 Å². The third-order valence-electron chi connectivity index (χ3n) is 1.66. The lowest BCUT2D eigenvalue weighted by molar-refractivity contribution is 0.632. The lowest BCUT2D eigenvalue weighted by Crippen LogP contribution is -1.95. The molecule has 1 aromatic rings. The van der Waals surface area contributed by atoms with Gasteiger partial charge in [-0.05, 0) is 18.6 Å². The highest BCUT2D eigenvalue weighted by molar-refractivity contribution is 5.66. The third-order valence-corrected chi connectivity index (χ3v) is 1.66. The number of anilines is 1. The lowest BCUT2D eigenvalue weighted by Gasteiger charge is -2.04. The molecule has 1 aromatic carbocycles. The molecule has 0 aromatic heterocycles. The van der Waals surface area contributed by atoms with Crippen molar-refractivity contribution in [2.75, 3.05) is 5.73 Å². The van der Waals surface area contributed by atoms with Crippen molar-refractivity contribution < 1.29 is 4.39 Å². The molecule has 0 aliphatic heterocycles. The Morgan fingerprint density at radius 1 is 1.55 bits per heavy atom. The molecule has 11 heavy (non-hydrogen) atoms. The molecule has 1 rings (SSSR count). The Labute approximate surface area is 65.3 Å². The largest absolute Gasteiger partial charge is 0.396 e. The van der Waals surface area contributed by atoms with Crippen molar-refractivity contribution in [2.45, 2.75) is 6.92 Å². The Morgan fingerprint density at radius 3 is 2.64 bits per heavy atom. The molecule has 0 saturated heterocycles. The van der Waals surface area contributed by atoms with Gasteiger partial charge in [-0.1, -0.05) is 18.7 Å². The van der Waals surface area contributed by atoms with E-state index in [2.05, 4.69) is 6.58 Å². The molecule has 1 nitrogen and oxygen atoms in total. The Balaban J connectivity index is 3.40. The zero-order valence-electron chi connectivity index (χ0n) is 6.39. The van der Waals surface area contributed by atoms with Gasteiger partial charge in [-0.2, -0.15) is 0 Å². The zero-order chi connectivity index (χ0) is 8.43. The fourth-order valence-electron chi connectivity index (χ4n) is 0.990. The summed E-state index contributed by atoms with van der Waals surface area (Å²) in [7, 11) is 0. The van der Waals surface area contributed by atoms with Crippen LogP contribution in [0.25, 0.3) is 6.08 Å². The van der Waals surface area contributed by atoms with E-state index in [1.54, 1.807) is 12.1 Å². The smallest absolute Gasteiger partial charge is 0.146 e. The molecule has 2 N–H and O–H groups in total. The number of hydrogen-bond acceptors (Lipinski definition) is 1. The predicted octanol–water partition coefficient (Wildman–Crippen LogP) is 2.36. The third kappa shape index (κ3) is 1.24. The number of nitrogens with two attached hydrogens (primary N) is 1. The monoisotopic (exact) mass is 151 g/mol. The van der Waals surface area contributed by atoms with Gasteiger partial charge in [0.05, 0.1) is 5.69 Å². The van der Waals surface area contributed by atoms with Gasteiger partial charge in [-0.3, -0.25) is 0 Å². The molecule has 0 spiro atoms. The first-order chi connectivity index (χ1) is 5.16. The van der Waals surface area contributed by atoms with E-state index in [9.17, 15) is 4.39 Å². The van der Waals surface area contributed by atoms with Gasteiger partial charge in [0.25, 0.3) is 0 Å². The lowest BCUT2D eigenvalue weighted by atomic mass is 10.1. The van der Waals surface area contributed by atoms with E-state index in [0.717, 1.165) is 5.56 Å². The fraction of sp³-hybridized carbons (Fsp3) is 0.111. The second kappa shape index (κ2) is 2.74. The van der Waals surface area contributed by atoms with Crippen molar-refractivity contribution in [2.24, 2.45) is 0 Å². The number of benzene rings is 1. The molecule has 58 valence electrons. The van der Waals surface area contributed by atoms with Crippen LogP contribution < -0.4 is 5.73 Å². The van der Waals surface area contributed by atoms with E-state index < -0.39 is 0 Å². The molecular weight excluding hydrogens is 141 g/mol. The van der Waals surface area contributed by atoms with Crippen molar-refractivity contribution in [3.05, 3.63) is 35.7 Å². The first-order valence-corrected chi connectivity index (χ1v) is 3.34. The van der Waals surface area contributed by atoms with Crippen molar-refractivity contribution in [1.82, 2.24) is 0 Å². The predicted molar refractivity (Wildman–Crippen MR) is 45.6 cm³/mol. The van der Waals surface area contributed by atoms with Gasteiger partial charge < -0.3 is 5.73 Å². The van der Waals surface area contributed by atoms with Crippen LogP contribution in [0, 0.1) is 12.7 Å². The summed E-state index contributed by atoms with van der Waals surface area (Å²) in [5, 5.41) is 0. The topological polar surface area (TPSA) is 26.0 Å². The fourth-order valence-corrected chi connectivity index (χ4v) is 0.990. The average Bonchev–Trinajstić information content (AvgIpc) is 1.99. The second-order valence-electron chi connectivity index (χ2n) is 2.40. The van der Waals surface area contributed by atoms with Crippen molar-refractivity contribution in [1.29, 1.82) is 0 Å². The molecule has 0 fully saturated rings. The van der Waals surface area contributed by atoms with E-state index in [-0.39, 0.29) is 11.5 Å². The average molecular weight is 151 g/mol. The number of aryl methyl sites for hydroxylation is 1. The minimum atomic E-state index is -0.384. The van der Waals surface area contributed by atoms with Crippen LogP contribution in [0.2, 0.25) is 0 Å². The van der Waals surface area contributed by atoms with Gasteiger partial charge in [0, 0.05) is 5.56 Å². The second-order valence-corrected chi connectivity index (χ2v) is 2.40. The standard InChI is InChI=1S/C9H10FN/c1-3-7-6(2)4-5-8(10)9(7)11/h3-5H,1,11H2,2H3. The van der Waals surface area contributed by atoms with Gasteiger partial charge in [-0.15, -0.1) is 0 Å². The molecule has 0 saturated carbocycles. The van der Waals surface area contributed by atoms with Crippen LogP contribution in [0.5, 0.6) is 0 Å². The zero-order valence-corrected chi connectivity index (χ0v) is 6.39. The molecule has 0 unspecified atom stereocenters. The first kappa shape index (κ1) is 7.79.